The third-order valence-electron chi connectivity index (χ3n) is 5.93. The maximum atomic E-state index is 13.4. The highest BCUT2D eigenvalue weighted by atomic mass is 16.2. The molecule has 3 heterocycles. The molecule has 32 heavy (non-hydrogen) atoms. The molecule has 0 fully saturated rings. The summed E-state index contributed by atoms with van der Waals surface area (Å²) in [6, 6.07) is 16.8. The summed E-state index contributed by atoms with van der Waals surface area (Å²) in [5.74, 6) is 0.347. The van der Waals surface area contributed by atoms with Crippen LogP contribution in [0.4, 0.5) is 11.6 Å². The zero-order valence-corrected chi connectivity index (χ0v) is 18.0. The van der Waals surface area contributed by atoms with Crippen LogP contribution < -0.4 is 16.1 Å². The number of hydrogen-bond donors (Lipinski definition) is 0. The van der Waals surface area contributed by atoms with Crippen molar-refractivity contribution in [2.75, 3.05) is 11.4 Å². The lowest BCUT2D eigenvalue weighted by atomic mass is 10.1. The Morgan fingerprint density at radius 2 is 1.81 bits per heavy atom. The average molecular weight is 429 g/mol. The molecule has 0 aliphatic carbocycles. The second-order valence-electron chi connectivity index (χ2n) is 8.10. The highest BCUT2D eigenvalue weighted by Gasteiger charge is 2.27. The van der Waals surface area contributed by atoms with E-state index in [0.29, 0.717) is 29.2 Å². The lowest BCUT2D eigenvalue weighted by Crippen LogP contribution is -2.41. The molecule has 0 amide bonds. The highest BCUT2D eigenvalue weighted by Crippen LogP contribution is 2.31. The second-order valence-corrected chi connectivity index (χ2v) is 8.10. The van der Waals surface area contributed by atoms with E-state index in [0.717, 1.165) is 28.8 Å². The van der Waals surface area contributed by atoms with Gasteiger partial charge in [0.15, 0.2) is 16.9 Å². The molecule has 4 aromatic rings. The number of imidazole rings is 1. The Balaban J connectivity index is 1.66. The maximum Gasteiger partial charge on any atom is 0.332 e. The first-order valence-corrected chi connectivity index (χ1v) is 10.6. The number of benzene rings is 2. The number of carbonyl (C=O) groups excluding carboxylic acids is 1. The van der Waals surface area contributed by atoms with Crippen molar-refractivity contribution in [2.24, 2.45) is 7.05 Å². The summed E-state index contributed by atoms with van der Waals surface area (Å²) < 4.78 is 4.24. The fraction of sp³-hybridized carbons (Fsp3) is 0.250. The van der Waals surface area contributed by atoms with Gasteiger partial charge in [0.2, 0.25) is 5.95 Å². The minimum absolute atomic E-state index is 0.288. The largest absolute Gasteiger partial charge is 0.332 e. The van der Waals surface area contributed by atoms with Crippen LogP contribution in [0.5, 0.6) is 0 Å². The molecule has 5 rings (SSSR count). The van der Waals surface area contributed by atoms with Gasteiger partial charge in [0.25, 0.3) is 5.56 Å². The molecule has 8 nitrogen and oxygen atoms in total. The fourth-order valence-electron chi connectivity index (χ4n) is 4.30. The Kier molecular flexibility index (Phi) is 4.77. The number of hydrogen-bond acceptors (Lipinski definition) is 5. The molecule has 0 unspecified atom stereocenters. The van der Waals surface area contributed by atoms with Crippen molar-refractivity contribution in [3.8, 4) is 0 Å². The maximum absolute atomic E-state index is 13.4. The molecule has 0 spiro atoms. The predicted octanol–water partition coefficient (Wildman–Crippen LogP) is 2.63. The number of rotatable bonds is 4. The van der Waals surface area contributed by atoms with Gasteiger partial charge in [-0.05, 0) is 31.0 Å². The van der Waals surface area contributed by atoms with Crippen molar-refractivity contribution in [3.63, 3.8) is 0 Å². The van der Waals surface area contributed by atoms with E-state index < -0.39 is 11.2 Å². The van der Waals surface area contributed by atoms with E-state index >= 15 is 0 Å². The third kappa shape index (κ3) is 3.15. The number of ketones is 1. The molecular formula is C24H23N5O3. The van der Waals surface area contributed by atoms with Crippen LogP contribution in [-0.2, 0) is 20.1 Å². The Hall–Kier alpha value is -3.94. The quantitative estimate of drug-likeness (QED) is 0.466. The van der Waals surface area contributed by atoms with Crippen LogP contribution in [0.3, 0.4) is 0 Å². The molecule has 0 saturated heterocycles. The molecular weight excluding hydrogens is 406 g/mol. The third-order valence-corrected chi connectivity index (χ3v) is 5.93. The van der Waals surface area contributed by atoms with Crippen LogP contribution in [-0.4, -0.2) is 31.0 Å². The van der Waals surface area contributed by atoms with Gasteiger partial charge in [-0.3, -0.25) is 18.7 Å². The summed E-state index contributed by atoms with van der Waals surface area (Å²) in [7, 11) is 1.59. The minimum Gasteiger partial charge on any atom is -0.312 e. The van der Waals surface area contributed by atoms with Crippen molar-refractivity contribution >= 4 is 28.6 Å². The first kappa shape index (κ1) is 20.0. The lowest BCUT2D eigenvalue weighted by Gasteiger charge is -2.29. The summed E-state index contributed by atoms with van der Waals surface area (Å²) in [5.41, 5.74) is 2.22. The lowest BCUT2D eigenvalue weighted by molar-refractivity contribution is 0.0969. The van der Waals surface area contributed by atoms with E-state index in [1.807, 2.05) is 35.8 Å². The molecule has 0 bridgehead atoms. The van der Waals surface area contributed by atoms with Gasteiger partial charge in [0.05, 0.1) is 6.54 Å². The Labute approximate surface area is 184 Å². The number of anilines is 2. The van der Waals surface area contributed by atoms with Crippen molar-refractivity contribution < 1.29 is 4.79 Å². The summed E-state index contributed by atoms with van der Waals surface area (Å²) in [4.78, 5) is 45.9. The summed E-state index contributed by atoms with van der Waals surface area (Å²) in [6.45, 7) is 3.10. The Morgan fingerprint density at radius 3 is 2.56 bits per heavy atom. The molecule has 162 valence electrons. The van der Waals surface area contributed by atoms with Gasteiger partial charge in [-0.2, -0.15) is 4.98 Å². The van der Waals surface area contributed by atoms with Gasteiger partial charge in [-0.15, -0.1) is 0 Å². The second kappa shape index (κ2) is 7.64. The van der Waals surface area contributed by atoms with Crippen LogP contribution in [0, 0.1) is 6.92 Å². The van der Waals surface area contributed by atoms with Crippen molar-refractivity contribution in [3.05, 3.63) is 86.6 Å². The zero-order chi connectivity index (χ0) is 22.4. The molecule has 0 radical (unpaired) electrons. The van der Waals surface area contributed by atoms with Gasteiger partial charge >= 0.3 is 5.69 Å². The molecule has 1 aliphatic rings. The van der Waals surface area contributed by atoms with Gasteiger partial charge < -0.3 is 9.47 Å². The fourth-order valence-corrected chi connectivity index (χ4v) is 4.30. The van der Waals surface area contributed by atoms with E-state index in [2.05, 4.69) is 11.0 Å². The van der Waals surface area contributed by atoms with E-state index in [-0.39, 0.29) is 12.3 Å². The topological polar surface area (TPSA) is 82.1 Å². The first-order valence-electron chi connectivity index (χ1n) is 10.6. The monoisotopic (exact) mass is 429 g/mol. The summed E-state index contributed by atoms with van der Waals surface area (Å²) >= 11 is 0. The number of aromatic nitrogens is 4. The molecule has 0 atom stereocenters. The Bertz CT molecular complexity index is 1460. The van der Waals surface area contributed by atoms with Crippen LogP contribution in [0.2, 0.25) is 0 Å². The molecule has 2 aromatic heterocycles. The van der Waals surface area contributed by atoms with Crippen LogP contribution in [0.1, 0.15) is 22.3 Å². The van der Waals surface area contributed by atoms with Crippen LogP contribution in [0.15, 0.2) is 64.2 Å². The number of carbonyl (C=O) groups is 1. The normalized spacial score (nSPS) is 13.4. The van der Waals surface area contributed by atoms with Crippen molar-refractivity contribution in [1.82, 2.24) is 18.7 Å². The minimum atomic E-state index is -0.552. The van der Waals surface area contributed by atoms with Gasteiger partial charge in [-0.25, -0.2) is 4.79 Å². The van der Waals surface area contributed by atoms with Crippen LogP contribution in [0.25, 0.3) is 11.2 Å². The molecule has 1 aliphatic heterocycles. The first-order chi connectivity index (χ1) is 15.5. The van der Waals surface area contributed by atoms with Gasteiger partial charge in [0.1, 0.15) is 0 Å². The van der Waals surface area contributed by atoms with Crippen molar-refractivity contribution in [1.29, 1.82) is 0 Å². The van der Waals surface area contributed by atoms with E-state index in [9.17, 15) is 14.4 Å². The Morgan fingerprint density at radius 1 is 1.03 bits per heavy atom. The molecule has 2 aromatic carbocycles. The molecule has 8 heteroatoms. The highest BCUT2D eigenvalue weighted by molar-refractivity contribution is 5.96. The van der Waals surface area contributed by atoms with Crippen molar-refractivity contribution in [2.45, 2.75) is 26.4 Å². The molecule has 0 N–H and O–H groups in total. The number of Topliss-reactive ketones (excluding diaryl/α,β-unsaturated/α-hetero) is 1. The van der Waals surface area contributed by atoms with Gasteiger partial charge in [-0.1, -0.05) is 42.5 Å². The zero-order valence-electron chi connectivity index (χ0n) is 18.0. The number of aryl methyl sites for hydroxylation is 3. The summed E-state index contributed by atoms with van der Waals surface area (Å²) in [6.07, 6.45) is 0.831. The van der Waals surface area contributed by atoms with Gasteiger partial charge in [0, 0.05) is 31.4 Å². The number of nitrogens with zero attached hydrogens (tertiary/aromatic N) is 5. The predicted molar refractivity (Wildman–Crippen MR) is 123 cm³/mol. The van der Waals surface area contributed by atoms with E-state index in [4.69, 9.17) is 4.98 Å². The molecule has 0 saturated carbocycles. The average Bonchev–Trinajstić information content (AvgIpc) is 3.21. The smallest absolute Gasteiger partial charge is 0.312 e. The van der Waals surface area contributed by atoms with Crippen LogP contribution >= 0.6 is 0 Å². The number of fused-ring (bicyclic) bond motifs is 3. The standard InChI is InChI=1S/C24H23N5O3/c1-16-8-6-11-18(14-16)27-12-7-13-28-20-21(25-23(27)28)26(2)24(32)29(22(20)31)15-19(30)17-9-4-3-5-10-17/h3-6,8-11,14H,7,12-13,15H2,1-2H3. The van der Waals surface area contributed by atoms with E-state index in [1.54, 1.807) is 31.3 Å². The van der Waals surface area contributed by atoms with E-state index in [1.165, 1.54) is 4.57 Å². The SMILES string of the molecule is Cc1cccc(N2CCCn3c2nc2c3c(=O)n(CC(=O)c3ccccc3)c(=O)n2C)c1. The summed E-state index contributed by atoms with van der Waals surface area (Å²) in [5, 5.41) is 0.